The Kier molecular flexibility index (Phi) is 10.2. The fourth-order valence-electron chi connectivity index (χ4n) is 7.68. The van der Waals surface area contributed by atoms with Gasteiger partial charge in [-0.2, -0.15) is 0 Å². The largest absolute Gasteiger partial charge is 0.481 e. The quantitative estimate of drug-likeness (QED) is 0.111. The predicted molar refractivity (Wildman–Crippen MR) is 202 cm³/mol. The van der Waals surface area contributed by atoms with Gasteiger partial charge in [-0.15, -0.1) is 0 Å². The number of benzene rings is 2. The Balaban J connectivity index is 1.23. The van der Waals surface area contributed by atoms with E-state index in [4.69, 9.17) is 32.9 Å². The molecule has 53 heavy (non-hydrogen) atoms. The molecule has 2 aromatic carbocycles. The van der Waals surface area contributed by atoms with E-state index in [2.05, 4.69) is 26.6 Å². The number of pyridine rings is 2. The van der Waals surface area contributed by atoms with Crippen LogP contribution in [0.3, 0.4) is 0 Å². The van der Waals surface area contributed by atoms with E-state index in [-0.39, 0.29) is 33.5 Å². The predicted octanol–water partition coefficient (Wildman–Crippen LogP) is 6.80. The molecule has 1 fully saturated rings. The number of aromatic nitrogens is 4. The van der Waals surface area contributed by atoms with Gasteiger partial charge < -0.3 is 15.4 Å². The minimum Gasteiger partial charge on any atom is -0.481 e. The van der Waals surface area contributed by atoms with Crippen molar-refractivity contribution in [2.24, 2.45) is 20.0 Å². The lowest BCUT2D eigenvalue weighted by molar-refractivity contribution is -0.109. The fraction of sp³-hybridized carbons (Fsp3) is 0.342. The number of ether oxygens (including phenoxy) is 1. The summed E-state index contributed by atoms with van der Waals surface area (Å²) in [5, 5.41) is 6.32. The molecule has 1 aliphatic carbocycles. The Morgan fingerprint density at radius 2 is 1.74 bits per heavy atom. The van der Waals surface area contributed by atoms with E-state index < -0.39 is 23.4 Å². The summed E-state index contributed by atoms with van der Waals surface area (Å²) in [4.78, 5) is 48.1. The van der Waals surface area contributed by atoms with Crippen LogP contribution in [0, 0.1) is 5.92 Å². The maximum Gasteiger partial charge on any atom is 0.330 e. The first-order valence-electron chi connectivity index (χ1n) is 17.2. The van der Waals surface area contributed by atoms with Crippen molar-refractivity contribution in [3.63, 3.8) is 0 Å². The van der Waals surface area contributed by atoms with Crippen LogP contribution in [0.5, 0.6) is 5.88 Å². The highest BCUT2D eigenvalue weighted by Crippen LogP contribution is 2.46. The average molecular weight is 765 g/mol. The second-order valence-corrected chi connectivity index (χ2v) is 14.2. The van der Waals surface area contributed by atoms with Gasteiger partial charge in [-0.3, -0.25) is 23.6 Å². The molecule has 0 saturated carbocycles. The van der Waals surface area contributed by atoms with Crippen molar-refractivity contribution in [1.82, 2.24) is 29.3 Å². The first-order valence-corrected chi connectivity index (χ1v) is 18.0. The molecular formula is C38H37Cl2F2N7O4. The minimum absolute atomic E-state index is 0.00535. The van der Waals surface area contributed by atoms with Crippen LogP contribution in [0.4, 0.5) is 20.3 Å². The molecule has 0 radical (unpaired) electrons. The summed E-state index contributed by atoms with van der Waals surface area (Å²) in [5.41, 5.74) is 3.05. The number of nitrogens with zero attached hydrogens (tertiary/aromatic N) is 5. The van der Waals surface area contributed by atoms with E-state index in [9.17, 15) is 23.2 Å². The fourth-order valence-corrected chi connectivity index (χ4v) is 8.28. The molecule has 1 aliphatic heterocycles. The van der Waals surface area contributed by atoms with E-state index in [1.165, 1.54) is 14.1 Å². The van der Waals surface area contributed by atoms with Gasteiger partial charge in [0.2, 0.25) is 12.3 Å². The number of carbonyl (C=O) groups excluding carboxylic acids is 1. The maximum atomic E-state index is 14.0. The van der Waals surface area contributed by atoms with Crippen LogP contribution in [0.2, 0.25) is 10.0 Å². The number of hydrogen-bond donors (Lipinski definition) is 2. The van der Waals surface area contributed by atoms with Gasteiger partial charge in [-0.1, -0.05) is 53.5 Å². The first-order chi connectivity index (χ1) is 25.5. The molecule has 0 bridgehead atoms. The highest BCUT2D eigenvalue weighted by Gasteiger charge is 2.36. The third-order valence-corrected chi connectivity index (χ3v) is 11.2. The van der Waals surface area contributed by atoms with Gasteiger partial charge in [-0.25, -0.2) is 23.5 Å². The highest BCUT2D eigenvalue weighted by atomic mass is 35.5. The zero-order chi connectivity index (χ0) is 37.6. The lowest BCUT2D eigenvalue weighted by Gasteiger charge is -2.26. The number of rotatable bonds is 11. The molecule has 2 atom stereocenters. The zero-order valence-corrected chi connectivity index (χ0v) is 30.8. The molecule has 2 N–H and O–H groups in total. The van der Waals surface area contributed by atoms with Crippen LogP contribution in [-0.4, -0.2) is 57.2 Å². The molecule has 0 spiro atoms. The topological polar surface area (TPSA) is 123 Å². The van der Waals surface area contributed by atoms with E-state index in [0.717, 1.165) is 71.5 Å². The maximum absolute atomic E-state index is 14.0. The summed E-state index contributed by atoms with van der Waals surface area (Å²) in [7, 11) is 4.33. The number of methoxy groups -OCH3 is 1. The molecule has 5 aromatic rings. The zero-order valence-electron chi connectivity index (χ0n) is 29.3. The number of amides is 1. The van der Waals surface area contributed by atoms with Gasteiger partial charge in [0, 0.05) is 55.5 Å². The second kappa shape index (κ2) is 14.9. The number of aryl methyl sites for hydroxylation is 2. The number of likely N-dealkylation sites (tertiary alicyclic amines) is 1. The monoisotopic (exact) mass is 763 g/mol. The highest BCUT2D eigenvalue weighted by molar-refractivity contribution is 6.39. The lowest BCUT2D eigenvalue weighted by Crippen LogP contribution is -2.37. The van der Waals surface area contributed by atoms with Gasteiger partial charge in [0.15, 0.2) is 0 Å². The number of nitrogens with one attached hydrogen (secondary N) is 2. The molecule has 15 heteroatoms. The second-order valence-electron chi connectivity index (χ2n) is 13.4. The summed E-state index contributed by atoms with van der Waals surface area (Å²) in [5.74, 6) is 0.916. The summed E-state index contributed by atoms with van der Waals surface area (Å²) in [6.07, 6.45) is 1.63. The van der Waals surface area contributed by atoms with E-state index in [0.29, 0.717) is 45.7 Å². The van der Waals surface area contributed by atoms with Crippen LogP contribution in [-0.2, 0) is 25.3 Å². The molecule has 1 amide bonds. The third kappa shape index (κ3) is 6.66. The van der Waals surface area contributed by atoms with Crippen LogP contribution < -0.4 is 26.6 Å². The molecular weight excluding hydrogens is 727 g/mol. The van der Waals surface area contributed by atoms with Crippen molar-refractivity contribution in [2.75, 3.05) is 32.1 Å². The van der Waals surface area contributed by atoms with Crippen LogP contribution in [0.25, 0.3) is 33.3 Å². The Morgan fingerprint density at radius 3 is 2.47 bits per heavy atom. The molecule has 4 heterocycles. The van der Waals surface area contributed by atoms with Crippen molar-refractivity contribution in [1.29, 1.82) is 0 Å². The number of carbonyl (C=O) groups is 1. The molecule has 3 aromatic heterocycles. The summed E-state index contributed by atoms with van der Waals surface area (Å²) in [6.45, 7) is 2.61. The van der Waals surface area contributed by atoms with Gasteiger partial charge >= 0.3 is 5.69 Å². The standard InChI is InChI=1S/C38H37Cl2F2N7O4/c1-47-29-17-27(34(41)42)45-35(31(29)37(51)48(2)38(47)52)44-25-9-5-7-23(33(25)40)22-6-4-8-24(32(22)39)26-16-21-10-11-28(30(21)36(46-26)53-3)49-15-13-20(18-49)12-14-43-19-50/h4-9,16-17,19-20,28,34H,10-15,18H2,1-3H3,(H,43,50)(H,44,45)/t20?,28-/m0/s1. The number of alkyl halides is 2. The summed E-state index contributed by atoms with van der Waals surface area (Å²) in [6, 6.07) is 14.0. The normalized spacial score (nSPS) is 17.1. The number of halogens is 4. The van der Waals surface area contributed by atoms with Crippen molar-refractivity contribution < 1.29 is 18.3 Å². The first kappa shape index (κ1) is 36.5. The number of hydrogen-bond acceptors (Lipinski definition) is 8. The molecule has 11 nitrogen and oxygen atoms in total. The Labute approximate surface area is 313 Å². The Morgan fingerprint density at radius 1 is 1.00 bits per heavy atom. The SMILES string of the molecule is COc1nc(-c2cccc(-c3cccc(Nc4nc(C(F)F)cc5c4c(=O)n(C)c(=O)n5C)c3Cl)c2Cl)cc2c1[C@@H](N1CCC(CCNC=O)C1)CC2. The van der Waals surface area contributed by atoms with Crippen LogP contribution in [0.15, 0.2) is 58.1 Å². The lowest BCUT2D eigenvalue weighted by atomic mass is 9.99. The summed E-state index contributed by atoms with van der Waals surface area (Å²) < 4.78 is 35.8. The Bertz CT molecular complexity index is 2370. The molecule has 2 aliphatic rings. The van der Waals surface area contributed by atoms with E-state index in [1.807, 2.05) is 18.2 Å². The molecule has 276 valence electrons. The smallest absolute Gasteiger partial charge is 0.330 e. The minimum atomic E-state index is -2.96. The number of fused-ring (bicyclic) bond motifs is 2. The van der Waals surface area contributed by atoms with Crippen molar-refractivity contribution in [2.45, 2.75) is 38.2 Å². The van der Waals surface area contributed by atoms with Gasteiger partial charge in [0.1, 0.15) is 16.9 Å². The molecule has 1 unspecified atom stereocenters. The van der Waals surface area contributed by atoms with Crippen LogP contribution >= 0.6 is 23.2 Å². The van der Waals surface area contributed by atoms with E-state index in [1.54, 1.807) is 25.3 Å². The van der Waals surface area contributed by atoms with Crippen molar-refractivity contribution in [3.8, 4) is 28.3 Å². The number of anilines is 2. The van der Waals surface area contributed by atoms with Gasteiger partial charge in [-0.05, 0) is 61.9 Å². The molecule has 1 saturated heterocycles. The Hall–Kier alpha value is -4.85. The van der Waals surface area contributed by atoms with Crippen molar-refractivity contribution in [3.05, 3.63) is 96.2 Å². The van der Waals surface area contributed by atoms with Crippen LogP contribution in [0.1, 0.15) is 48.6 Å². The van der Waals surface area contributed by atoms with Gasteiger partial charge in [0.05, 0.1) is 34.1 Å². The third-order valence-electron chi connectivity index (χ3n) is 10.4. The molecule has 7 rings (SSSR count). The van der Waals surface area contributed by atoms with E-state index >= 15 is 0 Å². The van der Waals surface area contributed by atoms with Gasteiger partial charge in [0.25, 0.3) is 12.0 Å². The average Bonchev–Trinajstić information content (AvgIpc) is 3.81. The van der Waals surface area contributed by atoms with Crippen molar-refractivity contribution >= 4 is 52.0 Å². The summed E-state index contributed by atoms with van der Waals surface area (Å²) >= 11 is 14.1.